The minimum atomic E-state index is -0.457. The first kappa shape index (κ1) is 25.0. The molecule has 0 aliphatic carbocycles. The molecule has 0 fully saturated rings. The fourth-order valence-corrected chi connectivity index (χ4v) is 4.10. The van der Waals surface area contributed by atoms with Crippen LogP contribution in [0.25, 0.3) is 22.0 Å². The van der Waals surface area contributed by atoms with Gasteiger partial charge in [-0.1, -0.05) is 13.0 Å². The zero-order valence-corrected chi connectivity index (χ0v) is 20.7. The van der Waals surface area contributed by atoms with Crippen molar-refractivity contribution < 1.29 is 18.7 Å². The Morgan fingerprint density at radius 1 is 1.11 bits per heavy atom. The third-order valence-electron chi connectivity index (χ3n) is 5.95. The molecule has 3 aromatic carbocycles. The quantitative estimate of drug-likeness (QED) is 0.263. The number of halogens is 1. The molecule has 8 nitrogen and oxygen atoms in total. The van der Waals surface area contributed by atoms with E-state index in [-0.39, 0.29) is 17.7 Å². The van der Waals surface area contributed by atoms with E-state index in [1.807, 2.05) is 26.0 Å². The van der Waals surface area contributed by atoms with Crippen molar-refractivity contribution in [3.8, 4) is 22.6 Å². The Bertz CT molecular complexity index is 1380. The molecule has 0 bridgehead atoms. The molecular formula is C27H30FN5O3. The SMILES string of the molecule is CCc1c(OC)cc(OC)c(F)c1-c1ccc2c(NC(=O)c3ccc(NC[C@@H](C)N)cc3)n[nH]c2c1. The summed E-state index contributed by atoms with van der Waals surface area (Å²) in [5.74, 6) is 0.308. The summed E-state index contributed by atoms with van der Waals surface area (Å²) in [6, 6.07) is 14.1. The topological polar surface area (TPSA) is 114 Å². The number of methoxy groups -OCH3 is 2. The van der Waals surface area contributed by atoms with E-state index in [0.29, 0.717) is 52.1 Å². The number of ether oxygens (including phenoxy) is 2. The minimum Gasteiger partial charge on any atom is -0.496 e. The van der Waals surface area contributed by atoms with Crippen LogP contribution in [0.5, 0.6) is 11.5 Å². The van der Waals surface area contributed by atoms with Gasteiger partial charge >= 0.3 is 0 Å². The van der Waals surface area contributed by atoms with Gasteiger partial charge in [0, 0.05) is 46.4 Å². The minimum absolute atomic E-state index is 0.0254. The largest absolute Gasteiger partial charge is 0.496 e. The zero-order valence-electron chi connectivity index (χ0n) is 20.7. The Morgan fingerprint density at radius 2 is 1.83 bits per heavy atom. The zero-order chi connectivity index (χ0) is 25.8. The second kappa shape index (κ2) is 10.7. The lowest BCUT2D eigenvalue weighted by molar-refractivity contribution is 0.102. The first-order chi connectivity index (χ1) is 17.4. The molecule has 0 saturated carbocycles. The molecule has 0 saturated heterocycles. The maximum absolute atomic E-state index is 15.3. The van der Waals surface area contributed by atoms with Crippen LogP contribution < -0.4 is 25.8 Å². The van der Waals surface area contributed by atoms with Crippen LogP contribution in [0.3, 0.4) is 0 Å². The number of amides is 1. The van der Waals surface area contributed by atoms with Crippen molar-refractivity contribution in [2.45, 2.75) is 26.3 Å². The van der Waals surface area contributed by atoms with Crippen molar-refractivity contribution in [3.63, 3.8) is 0 Å². The fraction of sp³-hybridized carbons (Fsp3) is 0.259. The smallest absolute Gasteiger partial charge is 0.256 e. The van der Waals surface area contributed by atoms with Crippen molar-refractivity contribution in [2.75, 3.05) is 31.4 Å². The number of carbonyl (C=O) groups excluding carboxylic acids is 1. The summed E-state index contributed by atoms with van der Waals surface area (Å²) < 4.78 is 26.0. The molecule has 188 valence electrons. The first-order valence-electron chi connectivity index (χ1n) is 11.7. The highest BCUT2D eigenvalue weighted by Crippen LogP contribution is 2.40. The number of rotatable bonds is 9. The van der Waals surface area contributed by atoms with E-state index in [0.717, 1.165) is 11.3 Å². The molecule has 0 unspecified atom stereocenters. The number of hydrogen-bond acceptors (Lipinski definition) is 6. The van der Waals surface area contributed by atoms with Crippen LogP contribution in [0.4, 0.5) is 15.9 Å². The van der Waals surface area contributed by atoms with Crippen molar-refractivity contribution in [1.82, 2.24) is 10.2 Å². The van der Waals surface area contributed by atoms with Crippen molar-refractivity contribution in [1.29, 1.82) is 0 Å². The van der Waals surface area contributed by atoms with E-state index in [9.17, 15) is 4.79 Å². The van der Waals surface area contributed by atoms with E-state index < -0.39 is 5.82 Å². The number of nitrogens with two attached hydrogens (primary N) is 1. The van der Waals surface area contributed by atoms with Gasteiger partial charge in [0.05, 0.1) is 19.7 Å². The van der Waals surface area contributed by atoms with Crippen LogP contribution in [0.15, 0.2) is 48.5 Å². The third kappa shape index (κ3) is 4.96. The van der Waals surface area contributed by atoms with Crippen LogP contribution in [0.1, 0.15) is 29.8 Å². The monoisotopic (exact) mass is 491 g/mol. The normalized spacial score (nSPS) is 11.8. The van der Waals surface area contributed by atoms with Crippen LogP contribution in [0, 0.1) is 5.82 Å². The number of carbonyl (C=O) groups is 1. The van der Waals surface area contributed by atoms with Crippen LogP contribution in [0.2, 0.25) is 0 Å². The van der Waals surface area contributed by atoms with Gasteiger partial charge in [0.25, 0.3) is 5.91 Å². The van der Waals surface area contributed by atoms with Crippen molar-refractivity contribution in [3.05, 3.63) is 65.5 Å². The van der Waals surface area contributed by atoms with Crippen LogP contribution in [-0.2, 0) is 6.42 Å². The molecule has 0 aliphatic rings. The van der Waals surface area contributed by atoms with E-state index in [1.54, 1.807) is 43.5 Å². The predicted octanol–water partition coefficient (Wildman–Crippen LogP) is 4.96. The van der Waals surface area contributed by atoms with Gasteiger partial charge in [0.1, 0.15) is 5.75 Å². The van der Waals surface area contributed by atoms with E-state index in [4.69, 9.17) is 15.2 Å². The molecular weight excluding hydrogens is 461 g/mol. The number of hydrogen-bond donors (Lipinski definition) is 4. The van der Waals surface area contributed by atoms with Crippen LogP contribution in [-0.4, -0.2) is 42.9 Å². The molecule has 1 heterocycles. The summed E-state index contributed by atoms with van der Waals surface area (Å²) in [7, 11) is 2.97. The lowest BCUT2D eigenvalue weighted by Crippen LogP contribution is -2.25. The highest BCUT2D eigenvalue weighted by molar-refractivity contribution is 6.08. The van der Waals surface area contributed by atoms with Gasteiger partial charge in [-0.15, -0.1) is 0 Å². The number of fused-ring (bicyclic) bond motifs is 1. The number of benzene rings is 3. The standard InChI is InChI=1S/C27H30FN5O3/c1-5-19-22(35-3)13-23(36-4)25(28)24(19)17-8-11-20-21(12-17)32-33-26(20)31-27(34)16-6-9-18(10-7-16)30-14-15(2)29/h6-13,15,30H,5,14,29H2,1-4H3,(H2,31,32,33,34)/t15-/m1/s1. The average Bonchev–Trinajstić information content (AvgIpc) is 3.28. The molecule has 1 atom stereocenters. The van der Waals surface area contributed by atoms with E-state index in [2.05, 4.69) is 20.8 Å². The molecule has 0 radical (unpaired) electrons. The summed E-state index contributed by atoms with van der Waals surface area (Å²) >= 11 is 0. The Kier molecular flexibility index (Phi) is 7.40. The molecule has 36 heavy (non-hydrogen) atoms. The maximum Gasteiger partial charge on any atom is 0.256 e. The molecule has 4 rings (SSSR count). The fourth-order valence-electron chi connectivity index (χ4n) is 4.10. The maximum atomic E-state index is 15.3. The summed E-state index contributed by atoms with van der Waals surface area (Å²) in [4.78, 5) is 12.8. The van der Waals surface area contributed by atoms with Crippen molar-refractivity contribution >= 4 is 28.3 Å². The number of H-pyrrole nitrogens is 1. The van der Waals surface area contributed by atoms with Gasteiger partial charge in [0.15, 0.2) is 17.4 Å². The molecule has 1 aromatic heterocycles. The lowest BCUT2D eigenvalue weighted by Gasteiger charge is -2.16. The average molecular weight is 492 g/mol. The Morgan fingerprint density at radius 3 is 2.47 bits per heavy atom. The van der Waals surface area contributed by atoms with Gasteiger partial charge in [-0.05, 0) is 55.3 Å². The number of anilines is 2. The summed E-state index contributed by atoms with van der Waals surface area (Å²) in [6.45, 7) is 4.49. The van der Waals surface area contributed by atoms with Gasteiger partial charge < -0.3 is 25.8 Å². The predicted molar refractivity (Wildman–Crippen MR) is 141 cm³/mol. The van der Waals surface area contributed by atoms with E-state index >= 15 is 4.39 Å². The highest BCUT2D eigenvalue weighted by Gasteiger charge is 2.21. The Hall–Kier alpha value is -4.11. The van der Waals surface area contributed by atoms with E-state index in [1.165, 1.54) is 7.11 Å². The lowest BCUT2D eigenvalue weighted by atomic mass is 9.95. The molecule has 0 spiro atoms. The highest BCUT2D eigenvalue weighted by atomic mass is 19.1. The Labute approximate surface area is 209 Å². The van der Waals surface area contributed by atoms with Crippen molar-refractivity contribution in [2.24, 2.45) is 5.73 Å². The second-order valence-electron chi connectivity index (χ2n) is 8.52. The summed E-state index contributed by atoms with van der Waals surface area (Å²) in [6.07, 6.45) is 0.571. The number of aromatic amines is 1. The van der Waals surface area contributed by atoms with Gasteiger partial charge in [-0.3, -0.25) is 9.89 Å². The van der Waals surface area contributed by atoms with Gasteiger partial charge in [0.2, 0.25) is 0 Å². The van der Waals surface area contributed by atoms with Crippen LogP contribution >= 0.6 is 0 Å². The number of nitrogens with zero attached hydrogens (tertiary/aromatic N) is 1. The molecule has 0 aliphatic heterocycles. The second-order valence-corrected chi connectivity index (χ2v) is 8.52. The van der Waals surface area contributed by atoms with Gasteiger partial charge in [-0.25, -0.2) is 4.39 Å². The summed E-state index contributed by atoms with van der Waals surface area (Å²) in [5.41, 5.74) is 9.59. The molecule has 5 N–H and O–H groups in total. The first-order valence-corrected chi connectivity index (χ1v) is 11.7. The number of nitrogens with one attached hydrogen (secondary N) is 3. The molecule has 9 heteroatoms. The molecule has 4 aromatic rings. The number of aromatic nitrogens is 2. The third-order valence-corrected chi connectivity index (χ3v) is 5.95. The summed E-state index contributed by atoms with van der Waals surface area (Å²) in [5, 5.41) is 14.0. The molecule has 1 amide bonds. The Balaban J connectivity index is 1.61. The van der Waals surface area contributed by atoms with Gasteiger partial charge in [-0.2, -0.15) is 5.10 Å².